The molecule has 1 unspecified atom stereocenters. The van der Waals surface area contributed by atoms with Crippen LogP contribution < -0.4 is 5.32 Å². The number of hydrogen-bond acceptors (Lipinski definition) is 4. The molecule has 2 N–H and O–H groups in total. The van der Waals surface area contributed by atoms with Crippen LogP contribution in [0.1, 0.15) is 48.7 Å². The lowest BCUT2D eigenvalue weighted by molar-refractivity contribution is -0.123. The molecule has 136 valence electrons. The van der Waals surface area contributed by atoms with Gasteiger partial charge in [0, 0.05) is 37.5 Å². The van der Waals surface area contributed by atoms with Crippen LogP contribution in [0.25, 0.3) is 0 Å². The summed E-state index contributed by atoms with van der Waals surface area (Å²) in [6, 6.07) is 1.97. The summed E-state index contributed by atoms with van der Waals surface area (Å²) < 4.78 is 3.69. The highest BCUT2D eigenvalue weighted by molar-refractivity contribution is 5.76. The number of carbonyl (C=O) groups is 1. The standard InChI is InChI=1S/C18H27N5O2/c1-12-7-13(2)23(21-12)6-4-5-17(25)20-18(14-8-16(24)9-14)15-10-19-22(3)11-15/h7,10-11,14,16,18,24H,4-6,8-9H2,1-3H3,(H,20,25). The Kier molecular flexibility index (Phi) is 5.22. The molecule has 1 aliphatic carbocycles. The van der Waals surface area contributed by atoms with Crippen LogP contribution in [0.3, 0.4) is 0 Å². The molecule has 0 bridgehead atoms. The van der Waals surface area contributed by atoms with E-state index >= 15 is 0 Å². The Morgan fingerprint density at radius 1 is 1.44 bits per heavy atom. The molecule has 0 aromatic carbocycles. The van der Waals surface area contributed by atoms with Crippen LogP contribution in [0.4, 0.5) is 0 Å². The minimum atomic E-state index is -0.243. The largest absolute Gasteiger partial charge is 0.393 e. The zero-order chi connectivity index (χ0) is 18.0. The smallest absolute Gasteiger partial charge is 0.220 e. The minimum Gasteiger partial charge on any atom is -0.393 e. The van der Waals surface area contributed by atoms with Gasteiger partial charge in [0.15, 0.2) is 0 Å². The van der Waals surface area contributed by atoms with E-state index in [9.17, 15) is 9.90 Å². The van der Waals surface area contributed by atoms with Gasteiger partial charge in [-0.1, -0.05) is 0 Å². The lowest BCUT2D eigenvalue weighted by Gasteiger charge is -2.37. The molecular formula is C18H27N5O2. The molecule has 2 aromatic rings. The van der Waals surface area contributed by atoms with Crippen molar-refractivity contribution in [3.8, 4) is 0 Å². The Hall–Kier alpha value is -2.15. The fourth-order valence-corrected chi connectivity index (χ4v) is 3.51. The van der Waals surface area contributed by atoms with Gasteiger partial charge in [-0.05, 0) is 45.1 Å². The highest BCUT2D eigenvalue weighted by Gasteiger charge is 2.36. The van der Waals surface area contributed by atoms with E-state index in [1.165, 1.54) is 0 Å². The Balaban J connectivity index is 1.54. The number of rotatable bonds is 7. The summed E-state index contributed by atoms with van der Waals surface area (Å²) in [5.41, 5.74) is 3.13. The van der Waals surface area contributed by atoms with Crippen molar-refractivity contribution < 1.29 is 9.90 Å². The molecule has 0 saturated heterocycles. The number of aliphatic hydroxyl groups excluding tert-OH is 1. The first-order valence-electron chi connectivity index (χ1n) is 8.89. The average Bonchev–Trinajstić information content (AvgIpc) is 3.08. The number of aliphatic hydroxyl groups is 1. The van der Waals surface area contributed by atoms with Crippen molar-refractivity contribution in [2.75, 3.05) is 0 Å². The van der Waals surface area contributed by atoms with E-state index in [-0.39, 0.29) is 24.0 Å². The lowest BCUT2D eigenvalue weighted by atomic mass is 9.75. The molecule has 1 saturated carbocycles. The molecule has 1 aliphatic rings. The number of carbonyl (C=O) groups excluding carboxylic acids is 1. The summed E-state index contributed by atoms with van der Waals surface area (Å²) in [5.74, 6) is 0.316. The molecule has 1 atom stereocenters. The van der Waals surface area contributed by atoms with Gasteiger partial charge >= 0.3 is 0 Å². The van der Waals surface area contributed by atoms with Gasteiger partial charge in [-0.15, -0.1) is 0 Å². The van der Waals surface area contributed by atoms with E-state index in [4.69, 9.17) is 0 Å². The van der Waals surface area contributed by atoms with Crippen LogP contribution in [0.15, 0.2) is 18.5 Å². The molecule has 1 amide bonds. The summed E-state index contributed by atoms with van der Waals surface area (Å²) in [7, 11) is 1.87. The summed E-state index contributed by atoms with van der Waals surface area (Å²) >= 11 is 0. The van der Waals surface area contributed by atoms with Crippen LogP contribution in [0, 0.1) is 19.8 Å². The summed E-state index contributed by atoms with van der Waals surface area (Å²) in [6.07, 6.45) is 6.16. The number of nitrogens with one attached hydrogen (secondary N) is 1. The quantitative estimate of drug-likeness (QED) is 0.799. The molecule has 7 nitrogen and oxygen atoms in total. The average molecular weight is 345 g/mol. The van der Waals surface area contributed by atoms with E-state index in [0.29, 0.717) is 6.42 Å². The van der Waals surface area contributed by atoms with E-state index in [0.717, 1.165) is 42.8 Å². The molecule has 3 rings (SSSR count). The third-order valence-corrected chi connectivity index (χ3v) is 4.90. The summed E-state index contributed by atoms with van der Waals surface area (Å²) in [5, 5.41) is 21.4. The van der Waals surface area contributed by atoms with Crippen molar-refractivity contribution in [3.05, 3.63) is 35.4 Å². The van der Waals surface area contributed by atoms with Crippen molar-refractivity contribution in [2.45, 2.75) is 58.2 Å². The van der Waals surface area contributed by atoms with E-state index in [1.807, 2.05) is 37.8 Å². The van der Waals surface area contributed by atoms with Gasteiger partial charge in [0.2, 0.25) is 5.91 Å². The molecule has 0 spiro atoms. The molecule has 0 aliphatic heterocycles. The van der Waals surface area contributed by atoms with Gasteiger partial charge < -0.3 is 10.4 Å². The van der Waals surface area contributed by atoms with Crippen LogP contribution in [0.5, 0.6) is 0 Å². The Labute approximate surface area is 148 Å². The second kappa shape index (κ2) is 7.39. The second-order valence-electron chi connectivity index (χ2n) is 7.13. The number of amides is 1. The normalized spacial score (nSPS) is 21.0. The Morgan fingerprint density at radius 3 is 2.76 bits per heavy atom. The maximum atomic E-state index is 12.4. The molecular weight excluding hydrogens is 318 g/mol. The summed E-state index contributed by atoms with van der Waals surface area (Å²) in [4.78, 5) is 12.4. The highest BCUT2D eigenvalue weighted by atomic mass is 16.3. The lowest BCUT2D eigenvalue weighted by Crippen LogP contribution is -2.41. The molecule has 25 heavy (non-hydrogen) atoms. The number of aryl methyl sites for hydroxylation is 4. The van der Waals surface area contributed by atoms with Gasteiger partial charge in [0.1, 0.15) is 0 Å². The molecule has 1 fully saturated rings. The third kappa shape index (κ3) is 4.28. The first kappa shape index (κ1) is 17.7. The van der Waals surface area contributed by atoms with Crippen molar-refractivity contribution in [1.29, 1.82) is 0 Å². The van der Waals surface area contributed by atoms with Gasteiger partial charge in [0.05, 0.1) is 24.0 Å². The Bertz CT molecular complexity index is 730. The van der Waals surface area contributed by atoms with Gasteiger partial charge in [-0.3, -0.25) is 14.2 Å². The highest BCUT2D eigenvalue weighted by Crippen LogP contribution is 2.38. The van der Waals surface area contributed by atoms with Crippen LogP contribution in [-0.2, 0) is 18.4 Å². The van der Waals surface area contributed by atoms with E-state index in [1.54, 1.807) is 10.9 Å². The van der Waals surface area contributed by atoms with E-state index in [2.05, 4.69) is 15.5 Å². The fraction of sp³-hybridized carbons (Fsp3) is 0.611. The molecule has 7 heteroatoms. The fourth-order valence-electron chi connectivity index (χ4n) is 3.51. The predicted octanol–water partition coefficient (Wildman–Crippen LogP) is 1.64. The first-order valence-corrected chi connectivity index (χ1v) is 8.89. The first-order chi connectivity index (χ1) is 11.9. The predicted molar refractivity (Wildman–Crippen MR) is 93.8 cm³/mol. The maximum Gasteiger partial charge on any atom is 0.220 e. The molecule has 2 aromatic heterocycles. The van der Waals surface area contributed by atoms with Gasteiger partial charge in [0.25, 0.3) is 0 Å². The second-order valence-corrected chi connectivity index (χ2v) is 7.13. The Morgan fingerprint density at radius 2 is 2.20 bits per heavy atom. The van der Waals surface area contributed by atoms with Gasteiger partial charge in [-0.2, -0.15) is 10.2 Å². The van der Waals surface area contributed by atoms with Gasteiger partial charge in [-0.25, -0.2) is 0 Å². The van der Waals surface area contributed by atoms with Crippen molar-refractivity contribution in [3.63, 3.8) is 0 Å². The van der Waals surface area contributed by atoms with Crippen LogP contribution in [-0.4, -0.2) is 36.7 Å². The van der Waals surface area contributed by atoms with Crippen molar-refractivity contribution >= 4 is 5.91 Å². The van der Waals surface area contributed by atoms with Crippen molar-refractivity contribution in [1.82, 2.24) is 24.9 Å². The number of aromatic nitrogens is 4. The maximum absolute atomic E-state index is 12.4. The SMILES string of the molecule is Cc1cc(C)n(CCCC(=O)NC(c2cnn(C)c2)C2CC(O)C2)n1. The third-order valence-electron chi connectivity index (χ3n) is 4.90. The number of nitrogens with zero attached hydrogens (tertiary/aromatic N) is 4. The zero-order valence-electron chi connectivity index (χ0n) is 15.1. The molecule has 2 heterocycles. The van der Waals surface area contributed by atoms with Crippen LogP contribution >= 0.6 is 0 Å². The van der Waals surface area contributed by atoms with E-state index < -0.39 is 0 Å². The topological polar surface area (TPSA) is 85.0 Å². The van der Waals surface area contributed by atoms with Crippen LogP contribution in [0.2, 0.25) is 0 Å². The summed E-state index contributed by atoms with van der Waals surface area (Å²) in [6.45, 7) is 4.74. The van der Waals surface area contributed by atoms with Crippen molar-refractivity contribution in [2.24, 2.45) is 13.0 Å². The zero-order valence-corrected chi connectivity index (χ0v) is 15.1. The number of hydrogen-bond donors (Lipinski definition) is 2. The molecule has 0 radical (unpaired) electrons. The minimum absolute atomic E-state index is 0.0387. The monoisotopic (exact) mass is 345 g/mol.